The Balaban J connectivity index is 2.01. The summed E-state index contributed by atoms with van der Waals surface area (Å²) < 4.78 is 5.80. The second-order valence-corrected chi connectivity index (χ2v) is 5.44. The Morgan fingerprint density at radius 2 is 2.41 bits per heavy atom. The van der Waals surface area contributed by atoms with Gasteiger partial charge in [0.2, 0.25) is 0 Å². The first-order valence-corrected chi connectivity index (χ1v) is 7.21. The average molecular weight is 320 g/mol. The smallest absolute Gasteiger partial charge is 0.0802 e. The van der Waals surface area contributed by atoms with Gasteiger partial charge in [-0.05, 0) is 18.6 Å². The summed E-state index contributed by atoms with van der Waals surface area (Å²) in [7, 11) is 0. The Morgan fingerprint density at radius 3 is 3.12 bits per heavy atom. The van der Waals surface area contributed by atoms with Gasteiger partial charge in [-0.25, -0.2) is 0 Å². The molecule has 3 nitrogen and oxygen atoms in total. The van der Waals surface area contributed by atoms with E-state index < -0.39 is 0 Å². The number of rotatable bonds is 3. The Hall–Kier alpha value is -0.160. The maximum absolute atomic E-state index is 6.12. The summed E-state index contributed by atoms with van der Waals surface area (Å²) in [6.07, 6.45) is 4.02. The fourth-order valence-corrected chi connectivity index (χ4v) is 2.66. The highest BCUT2D eigenvalue weighted by molar-refractivity contribution is 9.09. The third-order valence-electron chi connectivity index (χ3n) is 2.82. The van der Waals surface area contributed by atoms with Crippen molar-refractivity contribution in [1.29, 1.82) is 0 Å². The summed E-state index contributed by atoms with van der Waals surface area (Å²) in [6, 6.07) is 1.98. The Morgan fingerprint density at radius 1 is 1.59 bits per heavy atom. The van der Waals surface area contributed by atoms with Crippen LogP contribution in [-0.4, -0.2) is 40.5 Å². The monoisotopic (exact) mass is 318 g/mol. The van der Waals surface area contributed by atoms with Gasteiger partial charge in [-0.2, -0.15) is 0 Å². The van der Waals surface area contributed by atoms with Gasteiger partial charge in [-0.15, -0.1) is 0 Å². The number of pyridine rings is 1. The number of hydrogen-bond acceptors (Lipinski definition) is 3. The quantitative estimate of drug-likeness (QED) is 0.801. The standard InChI is InChI=1S/C12H16BrClN2O/c1-9-6-16(8-11(4-13)17-9)7-10-2-3-15-5-12(10)14/h2-3,5,9,11H,4,6-8H2,1H3. The van der Waals surface area contributed by atoms with Crippen LogP contribution >= 0.6 is 27.5 Å². The lowest BCUT2D eigenvalue weighted by atomic mass is 10.2. The Bertz CT molecular complexity index is 377. The number of aromatic nitrogens is 1. The van der Waals surface area contributed by atoms with E-state index in [4.69, 9.17) is 16.3 Å². The molecule has 2 unspecified atom stereocenters. The molecule has 1 fully saturated rings. The van der Waals surface area contributed by atoms with Crippen molar-refractivity contribution in [2.75, 3.05) is 18.4 Å². The molecule has 0 saturated carbocycles. The normalized spacial score (nSPS) is 26.1. The van der Waals surface area contributed by atoms with Crippen LogP contribution in [0.2, 0.25) is 5.02 Å². The molecular formula is C12H16BrClN2O. The molecule has 17 heavy (non-hydrogen) atoms. The average Bonchev–Trinajstić information content (AvgIpc) is 2.31. The number of morpholine rings is 1. The summed E-state index contributed by atoms with van der Waals surface area (Å²) in [4.78, 5) is 6.38. The van der Waals surface area contributed by atoms with Crippen LogP contribution in [0.3, 0.4) is 0 Å². The summed E-state index contributed by atoms with van der Waals surface area (Å²) in [5.41, 5.74) is 1.13. The fraction of sp³-hybridized carbons (Fsp3) is 0.583. The maximum Gasteiger partial charge on any atom is 0.0802 e. The molecule has 0 amide bonds. The maximum atomic E-state index is 6.12. The zero-order valence-corrected chi connectivity index (χ0v) is 12.1. The second-order valence-electron chi connectivity index (χ2n) is 4.38. The van der Waals surface area contributed by atoms with Gasteiger partial charge in [0.25, 0.3) is 0 Å². The molecule has 2 atom stereocenters. The van der Waals surface area contributed by atoms with Gasteiger partial charge < -0.3 is 4.74 Å². The van der Waals surface area contributed by atoms with Crippen molar-refractivity contribution >= 4 is 27.5 Å². The number of alkyl halides is 1. The van der Waals surface area contributed by atoms with Crippen LogP contribution in [0.4, 0.5) is 0 Å². The molecule has 0 radical (unpaired) electrons. The highest BCUT2D eigenvalue weighted by Crippen LogP contribution is 2.19. The molecule has 5 heteroatoms. The zero-order chi connectivity index (χ0) is 12.3. The SMILES string of the molecule is CC1CN(Cc2ccncc2Cl)CC(CBr)O1. The van der Waals surface area contributed by atoms with Crippen molar-refractivity contribution in [3.05, 3.63) is 29.0 Å². The molecule has 0 spiro atoms. The van der Waals surface area contributed by atoms with Crippen LogP contribution in [0.15, 0.2) is 18.5 Å². The lowest BCUT2D eigenvalue weighted by molar-refractivity contribution is -0.0677. The Kier molecular flexibility index (Phi) is 4.79. The summed E-state index contributed by atoms with van der Waals surface area (Å²) >= 11 is 9.60. The predicted molar refractivity (Wildman–Crippen MR) is 72.7 cm³/mol. The summed E-state index contributed by atoms with van der Waals surface area (Å²) in [5.74, 6) is 0. The minimum atomic E-state index is 0.263. The van der Waals surface area contributed by atoms with E-state index in [1.54, 1.807) is 12.4 Å². The second kappa shape index (κ2) is 6.14. The van der Waals surface area contributed by atoms with Crippen molar-refractivity contribution in [2.24, 2.45) is 0 Å². The predicted octanol–water partition coefficient (Wildman–Crippen LogP) is 2.72. The van der Waals surface area contributed by atoms with E-state index >= 15 is 0 Å². The minimum Gasteiger partial charge on any atom is -0.372 e. The van der Waals surface area contributed by atoms with Gasteiger partial charge in [0, 0.05) is 37.4 Å². The van der Waals surface area contributed by atoms with Crippen LogP contribution in [0.5, 0.6) is 0 Å². The first-order chi connectivity index (χ1) is 8.19. The zero-order valence-electron chi connectivity index (χ0n) is 9.77. The number of hydrogen-bond donors (Lipinski definition) is 0. The summed E-state index contributed by atoms with van der Waals surface area (Å²) in [5, 5.41) is 1.61. The fourth-order valence-electron chi connectivity index (χ4n) is 2.13. The number of halogens is 2. The molecule has 0 aromatic carbocycles. The van der Waals surface area contributed by atoms with E-state index in [2.05, 4.69) is 32.7 Å². The lowest BCUT2D eigenvalue weighted by Gasteiger charge is -2.36. The van der Waals surface area contributed by atoms with E-state index in [0.717, 1.165) is 35.6 Å². The van der Waals surface area contributed by atoms with E-state index in [1.165, 1.54) is 0 Å². The largest absolute Gasteiger partial charge is 0.372 e. The molecule has 1 aliphatic heterocycles. The van der Waals surface area contributed by atoms with E-state index in [1.807, 2.05) is 6.07 Å². The van der Waals surface area contributed by atoms with Crippen molar-refractivity contribution in [3.8, 4) is 0 Å². The first-order valence-electron chi connectivity index (χ1n) is 5.71. The van der Waals surface area contributed by atoms with Gasteiger partial charge in [-0.3, -0.25) is 9.88 Å². The third-order valence-corrected chi connectivity index (χ3v) is 3.89. The topological polar surface area (TPSA) is 25.4 Å². The molecule has 1 aliphatic rings. The molecular weight excluding hydrogens is 304 g/mol. The van der Waals surface area contributed by atoms with E-state index in [0.29, 0.717) is 0 Å². The molecule has 2 heterocycles. The van der Waals surface area contributed by atoms with Crippen molar-refractivity contribution in [1.82, 2.24) is 9.88 Å². The van der Waals surface area contributed by atoms with Crippen LogP contribution in [0.25, 0.3) is 0 Å². The first kappa shape index (κ1) is 13.3. The molecule has 0 aliphatic carbocycles. The third kappa shape index (κ3) is 3.65. The van der Waals surface area contributed by atoms with Gasteiger partial charge in [0.15, 0.2) is 0 Å². The molecule has 1 aromatic rings. The van der Waals surface area contributed by atoms with Crippen LogP contribution < -0.4 is 0 Å². The summed E-state index contributed by atoms with van der Waals surface area (Å²) in [6.45, 7) is 4.85. The van der Waals surface area contributed by atoms with Gasteiger partial charge in [0.1, 0.15) is 0 Å². The van der Waals surface area contributed by atoms with Crippen molar-refractivity contribution in [2.45, 2.75) is 25.7 Å². The number of nitrogens with zero attached hydrogens (tertiary/aromatic N) is 2. The van der Waals surface area contributed by atoms with E-state index in [-0.39, 0.29) is 12.2 Å². The van der Waals surface area contributed by atoms with Gasteiger partial charge in [-0.1, -0.05) is 27.5 Å². The molecule has 94 valence electrons. The highest BCUT2D eigenvalue weighted by Gasteiger charge is 2.24. The lowest BCUT2D eigenvalue weighted by Crippen LogP contribution is -2.46. The molecule has 2 rings (SSSR count). The molecule has 1 aromatic heterocycles. The molecule has 1 saturated heterocycles. The van der Waals surface area contributed by atoms with Crippen LogP contribution in [-0.2, 0) is 11.3 Å². The molecule has 0 bridgehead atoms. The van der Waals surface area contributed by atoms with Crippen LogP contribution in [0, 0.1) is 0 Å². The number of ether oxygens (including phenoxy) is 1. The van der Waals surface area contributed by atoms with E-state index in [9.17, 15) is 0 Å². The Labute approximate surface area is 115 Å². The molecule has 0 N–H and O–H groups in total. The van der Waals surface area contributed by atoms with Crippen molar-refractivity contribution < 1.29 is 4.74 Å². The van der Waals surface area contributed by atoms with Crippen molar-refractivity contribution in [3.63, 3.8) is 0 Å². The minimum absolute atomic E-state index is 0.263. The highest BCUT2D eigenvalue weighted by atomic mass is 79.9. The van der Waals surface area contributed by atoms with Crippen LogP contribution in [0.1, 0.15) is 12.5 Å². The van der Waals surface area contributed by atoms with Gasteiger partial charge >= 0.3 is 0 Å². The van der Waals surface area contributed by atoms with Gasteiger partial charge in [0.05, 0.1) is 17.2 Å².